The minimum Gasteiger partial charge on any atom is -0.306 e. The average Bonchev–Trinajstić information content (AvgIpc) is 2.56. The van der Waals surface area contributed by atoms with Gasteiger partial charge in [0.05, 0.1) is 11.8 Å². The van der Waals surface area contributed by atoms with E-state index in [4.69, 9.17) is 0 Å². The summed E-state index contributed by atoms with van der Waals surface area (Å²) in [6.07, 6.45) is 4.72. The topological polar surface area (TPSA) is 74.4 Å². The van der Waals surface area contributed by atoms with Crippen LogP contribution >= 0.6 is 0 Å². The third-order valence-corrected chi connectivity index (χ3v) is 1.44. The highest BCUT2D eigenvalue weighted by Crippen LogP contribution is 2.07. The van der Waals surface area contributed by atoms with Crippen molar-refractivity contribution in [1.29, 1.82) is 0 Å². The van der Waals surface area contributed by atoms with Crippen LogP contribution in [0.15, 0.2) is 29.5 Å². The Morgan fingerprint density at radius 1 is 1.42 bits per heavy atom. The van der Waals surface area contributed by atoms with Crippen LogP contribution in [0.3, 0.4) is 0 Å². The maximum absolute atomic E-state index is 10.9. The summed E-state index contributed by atoms with van der Waals surface area (Å²) in [4.78, 5) is 17.4. The summed E-state index contributed by atoms with van der Waals surface area (Å²) in [5.41, 5.74) is 0.605. The lowest BCUT2D eigenvalue weighted by Gasteiger charge is -1.92. The van der Waals surface area contributed by atoms with Crippen LogP contribution in [-0.4, -0.2) is 20.2 Å². The molecule has 0 aromatic carbocycles. The number of hydrogen-bond donors (Lipinski definition) is 2. The zero-order valence-electron chi connectivity index (χ0n) is 6.11. The van der Waals surface area contributed by atoms with E-state index < -0.39 is 0 Å². The number of nitrogens with zero attached hydrogens (tertiary/aromatic N) is 2. The second kappa shape index (κ2) is 2.61. The van der Waals surface area contributed by atoms with Gasteiger partial charge in [-0.25, -0.2) is 4.98 Å². The monoisotopic (exact) mass is 162 g/mol. The molecule has 2 aromatic heterocycles. The Hall–Kier alpha value is -1.91. The summed E-state index contributed by atoms with van der Waals surface area (Å²) in [5, 5.41) is 6.38. The van der Waals surface area contributed by atoms with Crippen LogP contribution in [0.25, 0.3) is 11.4 Å². The summed E-state index contributed by atoms with van der Waals surface area (Å²) < 4.78 is 0. The van der Waals surface area contributed by atoms with Gasteiger partial charge in [0.2, 0.25) is 0 Å². The third-order valence-electron chi connectivity index (χ3n) is 1.44. The van der Waals surface area contributed by atoms with Crippen molar-refractivity contribution in [3.05, 3.63) is 35.0 Å². The molecular formula is C7H6N4O. The molecule has 0 amide bonds. The Morgan fingerprint density at radius 2 is 2.33 bits per heavy atom. The molecule has 0 spiro atoms. The van der Waals surface area contributed by atoms with Gasteiger partial charge < -0.3 is 4.98 Å². The van der Waals surface area contributed by atoms with Crippen LogP contribution in [0.2, 0.25) is 0 Å². The molecule has 0 aliphatic heterocycles. The molecule has 5 heteroatoms. The van der Waals surface area contributed by atoms with Crippen molar-refractivity contribution in [3.63, 3.8) is 0 Å². The minimum atomic E-state index is -0.166. The highest BCUT2D eigenvalue weighted by Gasteiger charge is 1.98. The number of H-pyrrole nitrogens is 2. The van der Waals surface area contributed by atoms with Crippen molar-refractivity contribution < 1.29 is 0 Å². The fraction of sp³-hybridized carbons (Fsp3) is 0. The van der Waals surface area contributed by atoms with Crippen molar-refractivity contribution >= 4 is 0 Å². The van der Waals surface area contributed by atoms with E-state index in [1.165, 1.54) is 12.3 Å². The molecule has 12 heavy (non-hydrogen) atoms. The van der Waals surface area contributed by atoms with Gasteiger partial charge in [0, 0.05) is 18.5 Å². The highest BCUT2D eigenvalue weighted by molar-refractivity contribution is 5.50. The number of rotatable bonds is 1. The molecule has 0 aliphatic carbocycles. The van der Waals surface area contributed by atoms with Crippen LogP contribution in [0.4, 0.5) is 0 Å². The summed E-state index contributed by atoms with van der Waals surface area (Å²) >= 11 is 0. The van der Waals surface area contributed by atoms with Crippen molar-refractivity contribution in [2.75, 3.05) is 0 Å². The van der Waals surface area contributed by atoms with E-state index in [9.17, 15) is 4.79 Å². The van der Waals surface area contributed by atoms with Crippen molar-refractivity contribution in [1.82, 2.24) is 20.2 Å². The van der Waals surface area contributed by atoms with Crippen LogP contribution in [-0.2, 0) is 0 Å². The molecular weight excluding hydrogens is 156 g/mol. The summed E-state index contributed by atoms with van der Waals surface area (Å²) in [6.45, 7) is 0. The zero-order valence-corrected chi connectivity index (χ0v) is 6.11. The van der Waals surface area contributed by atoms with Gasteiger partial charge in [-0.15, -0.1) is 0 Å². The molecule has 0 fully saturated rings. The average molecular weight is 162 g/mol. The fourth-order valence-corrected chi connectivity index (χ4v) is 0.897. The largest absolute Gasteiger partial charge is 0.306 e. The first-order valence-electron chi connectivity index (χ1n) is 3.41. The molecule has 0 unspecified atom stereocenters. The second-order valence-electron chi connectivity index (χ2n) is 2.27. The Morgan fingerprint density at radius 3 is 3.00 bits per heavy atom. The van der Waals surface area contributed by atoms with E-state index >= 15 is 0 Å². The Labute approximate surface area is 67.5 Å². The Bertz CT molecular complexity index is 417. The molecule has 0 radical (unpaired) electrons. The molecule has 2 heterocycles. The van der Waals surface area contributed by atoms with Gasteiger partial charge in [-0.3, -0.25) is 9.89 Å². The standard InChI is InChI=1S/C7H6N4O/c12-6-1-2-8-7(11-6)5-3-9-10-4-5/h1-4H,(H,9,10)(H,8,11,12). The molecule has 0 aliphatic rings. The molecule has 0 saturated heterocycles. The van der Waals surface area contributed by atoms with Crippen molar-refractivity contribution in [2.45, 2.75) is 0 Å². The smallest absolute Gasteiger partial charge is 0.251 e. The second-order valence-corrected chi connectivity index (χ2v) is 2.27. The Kier molecular flexibility index (Phi) is 1.48. The van der Waals surface area contributed by atoms with E-state index in [-0.39, 0.29) is 5.56 Å². The third kappa shape index (κ3) is 1.12. The number of aromatic nitrogens is 4. The van der Waals surface area contributed by atoms with Crippen molar-refractivity contribution in [3.8, 4) is 11.4 Å². The SMILES string of the molecule is O=c1ccnc(-c2cn[nH]c2)[nH]1. The van der Waals surface area contributed by atoms with E-state index in [0.717, 1.165) is 5.56 Å². The van der Waals surface area contributed by atoms with Crippen LogP contribution < -0.4 is 5.56 Å². The van der Waals surface area contributed by atoms with E-state index in [2.05, 4.69) is 20.2 Å². The molecule has 2 rings (SSSR count). The van der Waals surface area contributed by atoms with E-state index in [0.29, 0.717) is 5.82 Å². The predicted octanol–water partition coefficient (Wildman–Crippen LogP) is 0.160. The number of nitrogens with one attached hydrogen (secondary N) is 2. The van der Waals surface area contributed by atoms with Crippen LogP contribution in [0.5, 0.6) is 0 Å². The van der Waals surface area contributed by atoms with E-state index in [1.807, 2.05) is 0 Å². The maximum Gasteiger partial charge on any atom is 0.251 e. The first kappa shape index (κ1) is 6.78. The Balaban J connectivity index is 2.55. The molecule has 5 nitrogen and oxygen atoms in total. The van der Waals surface area contributed by atoms with Crippen LogP contribution in [0, 0.1) is 0 Å². The molecule has 60 valence electrons. The number of hydrogen-bond acceptors (Lipinski definition) is 3. The maximum atomic E-state index is 10.9. The lowest BCUT2D eigenvalue weighted by molar-refractivity contribution is 1.09. The highest BCUT2D eigenvalue weighted by atomic mass is 16.1. The van der Waals surface area contributed by atoms with Gasteiger partial charge in [0.1, 0.15) is 5.82 Å². The molecule has 0 saturated carbocycles. The van der Waals surface area contributed by atoms with Gasteiger partial charge in [0.25, 0.3) is 5.56 Å². The van der Waals surface area contributed by atoms with Crippen molar-refractivity contribution in [2.24, 2.45) is 0 Å². The predicted molar refractivity (Wildman–Crippen MR) is 42.4 cm³/mol. The first-order valence-corrected chi connectivity index (χ1v) is 3.41. The number of aromatic amines is 2. The van der Waals surface area contributed by atoms with Gasteiger partial charge in [-0.05, 0) is 0 Å². The van der Waals surface area contributed by atoms with Crippen LogP contribution in [0.1, 0.15) is 0 Å². The lowest BCUT2D eigenvalue weighted by atomic mass is 10.3. The first-order chi connectivity index (χ1) is 5.86. The molecule has 2 N–H and O–H groups in total. The zero-order chi connectivity index (χ0) is 8.39. The fourth-order valence-electron chi connectivity index (χ4n) is 0.897. The minimum absolute atomic E-state index is 0.166. The summed E-state index contributed by atoms with van der Waals surface area (Å²) in [6, 6.07) is 1.36. The molecule has 0 atom stereocenters. The lowest BCUT2D eigenvalue weighted by Crippen LogP contribution is -2.05. The molecule has 0 bridgehead atoms. The van der Waals surface area contributed by atoms with Gasteiger partial charge in [-0.2, -0.15) is 5.10 Å². The summed E-state index contributed by atoms with van der Waals surface area (Å²) in [7, 11) is 0. The van der Waals surface area contributed by atoms with Gasteiger partial charge >= 0.3 is 0 Å². The normalized spacial score (nSPS) is 10.0. The molecule has 2 aromatic rings. The van der Waals surface area contributed by atoms with Gasteiger partial charge in [0.15, 0.2) is 0 Å². The summed E-state index contributed by atoms with van der Waals surface area (Å²) in [5.74, 6) is 0.524. The van der Waals surface area contributed by atoms with E-state index in [1.54, 1.807) is 12.4 Å². The van der Waals surface area contributed by atoms with Gasteiger partial charge in [-0.1, -0.05) is 0 Å². The quantitative estimate of drug-likeness (QED) is 0.627.